The lowest BCUT2D eigenvalue weighted by Gasteiger charge is -2.27. The maximum atomic E-state index is 5.98. The standard InChI is InChI=1S/C17H17ClN2S/c18-13-7-4-8-14(11-13)19-17(21)20-16-10-3-6-12-5-1-2-9-15(12)16/h1-2,4-5,7-9,11,16H,3,6,10H2,(H2,19,20,21)/t16-/m0/s1. The van der Waals surface area contributed by atoms with Crippen molar-refractivity contribution >= 4 is 34.6 Å². The van der Waals surface area contributed by atoms with Gasteiger partial charge in [-0.3, -0.25) is 0 Å². The Morgan fingerprint density at radius 3 is 2.86 bits per heavy atom. The van der Waals surface area contributed by atoms with Crippen LogP contribution in [0.4, 0.5) is 5.69 Å². The van der Waals surface area contributed by atoms with E-state index in [0.29, 0.717) is 10.1 Å². The van der Waals surface area contributed by atoms with E-state index >= 15 is 0 Å². The minimum atomic E-state index is 0.286. The van der Waals surface area contributed by atoms with Crippen LogP contribution in [0.1, 0.15) is 30.0 Å². The van der Waals surface area contributed by atoms with Crippen LogP contribution in [0.2, 0.25) is 5.02 Å². The van der Waals surface area contributed by atoms with Crippen molar-refractivity contribution in [3.05, 3.63) is 64.7 Å². The Kier molecular flexibility index (Phi) is 4.42. The van der Waals surface area contributed by atoms with Crippen molar-refractivity contribution < 1.29 is 0 Å². The van der Waals surface area contributed by atoms with Crippen LogP contribution in [-0.2, 0) is 6.42 Å². The molecule has 0 spiro atoms. The average molecular weight is 317 g/mol. The van der Waals surface area contributed by atoms with Crippen LogP contribution < -0.4 is 10.6 Å². The highest BCUT2D eigenvalue weighted by Crippen LogP contribution is 2.29. The second-order valence-corrected chi connectivity index (χ2v) is 6.10. The molecule has 0 unspecified atom stereocenters. The number of hydrogen-bond acceptors (Lipinski definition) is 1. The van der Waals surface area contributed by atoms with Crippen molar-refractivity contribution in [1.29, 1.82) is 0 Å². The van der Waals surface area contributed by atoms with Crippen LogP contribution in [0.3, 0.4) is 0 Å². The van der Waals surface area contributed by atoms with Crippen molar-refractivity contribution in [3.8, 4) is 0 Å². The van der Waals surface area contributed by atoms with Gasteiger partial charge in [0, 0.05) is 10.7 Å². The Hall–Kier alpha value is -1.58. The van der Waals surface area contributed by atoms with E-state index in [-0.39, 0.29) is 6.04 Å². The van der Waals surface area contributed by atoms with Gasteiger partial charge in [-0.05, 0) is 60.8 Å². The quantitative estimate of drug-likeness (QED) is 0.785. The van der Waals surface area contributed by atoms with Gasteiger partial charge < -0.3 is 10.6 Å². The molecule has 0 bridgehead atoms. The molecule has 0 radical (unpaired) electrons. The molecule has 2 N–H and O–H groups in total. The third-order valence-corrected chi connectivity index (χ3v) is 4.21. The summed E-state index contributed by atoms with van der Waals surface area (Å²) in [5.74, 6) is 0. The topological polar surface area (TPSA) is 24.1 Å². The van der Waals surface area contributed by atoms with Crippen LogP contribution in [-0.4, -0.2) is 5.11 Å². The first-order valence-corrected chi connectivity index (χ1v) is 7.92. The zero-order valence-corrected chi connectivity index (χ0v) is 13.2. The number of fused-ring (bicyclic) bond motifs is 1. The lowest BCUT2D eigenvalue weighted by molar-refractivity contribution is 0.529. The highest BCUT2D eigenvalue weighted by Gasteiger charge is 2.20. The fourth-order valence-corrected chi connectivity index (χ4v) is 3.25. The number of aryl methyl sites for hydroxylation is 1. The van der Waals surface area contributed by atoms with Gasteiger partial charge in [-0.2, -0.15) is 0 Å². The van der Waals surface area contributed by atoms with E-state index in [9.17, 15) is 0 Å². The van der Waals surface area contributed by atoms with E-state index in [1.54, 1.807) is 0 Å². The summed E-state index contributed by atoms with van der Waals surface area (Å²) in [6, 6.07) is 16.4. The molecule has 4 heteroatoms. The fourth-order valence-electron chi connectivity index (χ4n) is 2.80. The molecule has 0 saturated heterocycles. The van der Waals surface area contributed by atoms with Gasteiger partial charge in [0.1, 0.15) is 0 Å². The van der Waals surface area contributed by atoms with E-state index in [2.05, 4.69) is 34.9 Å². The van der Waals surface area contributed by atoms with Crippen LogP contribution in [0, 0.1) is 0 Å². The van der Waals surface area contributed by atoms with Crippen LogP contribution in [0.15, 0.2) is 48.5 Å². The average Bonchev–Trinajstić information content (AvgIpc) is 2.47. The first-order valence-electron chi connectivity index (χ1n) is 7.13. The summed E-state index contributed by atoms with van der Waals surface area (Å²) in [6.45, 7) is 0. The summed E-state index contributed by atoms with van der Waals surface area (Å²) >= 11 is 11.4. The predicted molar refractivity (Wildman–Crippen MR) is 92.9 cm³/mol. The number of benzene rings is 2. The molecule has 1 atom stereocenters. The van der Waals surface area contributed by atoms with E-state index in [1.165, 1.54) is 17.5 Å². The number of anilines is 1. The highest BCUT2D eigenvalue weighted by molar-refractivity contribution is 7.80. The minimum Gasteiger partial charge on any atom is -0.356 e. The van der Waals surface area contributed by atoms with Crippen molar-refractivity contribution in [3.63, 3.8) is 0 Å². The summed E-state index contributed by atoms with van der Waals surface area (Å²) in [7, 11) is 0. The molecule has 3 rings (SSSR count). The van der Waals surface area contributed by atoms with Crippen LogP contribution >= 0.6 is 23.8 Å². The number of hydrogen-bond donors (Lipinski definition) is 2. The Morgan fingerprint density at radius 2 is 2.00 bits per heavy atom. The lowest BCUT2D eigenvalue weighted by Crippen LogP contribution is -2.34. The number of thiocarbonyl (C=S) groups is 1. The van der Waals surface area contributed by atoms with Crippen molar-refractivity contribution in [2.75, 3.05) is 5.32 Å². The van der Waals surface area contributed by atoms with Crippen LogP contribution in [0.5, 0.6) is 0 Å². The molecule has 1 aliphatic rings. The normalized spacial score (nSPS) is 16.9. The first-order chi connectivity index (χ1) is 10.2. The second kappa shape index (κ2) is 6.46. The maximum absolute atomic E-state index is 5.98. The number of nitrogens with one attached hydrogen (secondary N) is 2. The lowest BCUT2D eigenvalue weighted by atomic mass is 9.88. The summed E-state index contributed by atoms with van der Waals surface area (Å²) in [5, 5.41) is 7.95. The maximum Gasteiger partial charge on any atom is 0.171 e. The molecular weight excluding hydrogens is 300 g/mol. The third kappa shape index (κ3) is 3.55. The van der Waals surface area contributed by atoms with Gasteiger partial charge in [-0.1, -0.05) is 41.9 Å². The molecule has 0 saturated carbocycles. The summed E-state index contributed by atoms with van der Waals surface area (Å²) in [5.41, 5.74) is 3.69. The molecule has 1 aliphatic carbocycles. The molecule has 21 heavy (non-hydrogen) atoms. The molecule has 0 fully saturated rings. The van der Waals surface area contributed by atoms with Gasteiger partial charge in [0.05, 0.1) is 6.04 Å². The summed E-state index contributed by atoms with van der Waals surface area (Å²) in [6.07, 6.45) is 3.45. The van der Waals surface area contributed by atoms with Crippen molar-refractivity contribution in [2.45, 2.75) is 25.3 Å². The smallest absolute Gasteiger partial charge is 0.171 e. The monoisotopic (exact) mass is 316 g/mol. The van der Waals surface area contributed by atoms with Gasteiger partial charge in [0.2, 0.25) is 0 Å². The van der Waals surface area contributed by atoms with Crippen LogP contribution in [0.25, 0.3) is 0 Å². The van der Waals surface area contributed by atoms with Gasteiger partial charge in [0.25, 0.3) is 0 Å². The first kappa shape index (κ1) is 14.4. The molecule has 0 aromatic heterocycles. The number of rotatable bonds is 2. The van der Waals surface area contributed by atoms with E-state index in [0.717, 1.165) is 18.5 Å². The largest absolute Gasteiger partial charge is 0.356 e. The van der Waals surface area contributed by atoms with Gasteiger partial charge >= 0.3 is 0 Å². The van der Waals surface area contributed by atoms with Gasteiger partial charge in [0.15, 0.2) is 5.11 Å². The molecule has 2 nitrogen and oxygen atoms in total. The highest BCUT2D eigenvalue weighted by atomic mass is 35.5. The Bertz CT molecular complexity index is 657. The Morgan fingerprint density at radius 1 is 1.14 bits per heavy atom. The molecule has 108 valence electrons. The van der Waals surface area contributed by atoms with Crippen molar-refractivity contribution in [1.82, 2.24) is 5.32 Å². The van der Waals surface area contributed by atoms with E-state index in [4.69, 9.17) is 23.8 Å². The molecule has 2 aromatic rings. The van der Waals surface area contributed by atoms with E-state index in [1.807, 2.05) is 24.3 Å². The summed E-state index contributed by atoms with van der Waals surface area (Å²) in [4.78, 5) is 0. The summed E-state index contributed by atoms with van der Waals surface area (Å²) < 4.78 is 0. The van der Waals surface area contributed by atoms with E-state index < -0.39 is 0 Å². The van der Waals surface area contributed by atoms with Crippen molar-refractivity contribution in [2.24, 2.45) is 0 Å². The van der Waals surface area contributed by atoms with Gasteiger partial charge in [-0.25, -0.2) is 0 Å². The Balaban J connectivity index is 1.68. The zero-order chi connectivity index (χ0) is 14.7. The predicted octanol–water partition coefficient (Wildman–Crippen LogP) is 4.70. The molecular formula is C17H17ClN2S. The fraction of sp³-hybridized carbons (Fsp3) is 0.235. The second-order valence-electron chi connectivity index (χ2n) is 5.25. The van der Waals surface area contributed by atoms with Gasteiger partial charge in [-0.15, -0.1) is 0 Å². The Labute approximate surface area is 135 Å². The minimum absolute atomic E-state index is 0.286. The number of halogens is 1. The molecule has 0 heterocycles. The molecule has 2 aromatic carbocycles. The zero-order valence-electron chi connectivity index (χ0n) is 11.6. The molecule has 0 aliphatic heterocycles. The molecule has 0 amide bonds. The SMILES string of the molecule is S=C(Nc1cccc(Cl)c1)N[C@H]1CCCc2ccccc21. The third-order valence-electron chi connectivity index (χ3n) is 3.76.